The molecule has 0 aromatic carbocycles. The first-order chi connectivity index (χ1) is 6.21. The minimum absolute atomic E-state index is 0.428. The molecule has 0 rings (SSSR count). The molecule has 0 nitrogen and oxygen atoms in total. The molecule has 86 valence electrons. The van der Waals surface area contributed by atoms with Crippen molar-refractivity contribution >= 4 is 0 Å². The second-order valence-corrected chi connectivity index (χ2v) is 6.06. The number of rotatable bonds is 5. The predicted octanol–water partition coefficient (Wildman–Crippen LogP) is 5.13. The molecule has 0 aromatic heterocycles. The van der Waals surface area contributed by atoms with Crippen molar-refractivity contribution < 1.29 is 0 Å². The molecule has 0 fully saturated rings. The van der Waals surface area contributed by atoms with Gasteiger partial charge in [-0.05, 0) is 22.7 Å². The van der Waals surface area contributed by atoms with Gasteiger partial charge in [0.2, 0.25) is 0 Å². The molecule has 0 spiro atoms. The van der Waals surface area contributed by atoms with E-state index in [4.69, 9.17) is 0 Å². The third-order valence-corrected chi connectivity index (χ3v) is 5.35. The normalized spacial score (nSPS) is 18.0. The SMILES string of the molecule is CCC(C)C(C)(C)C(C)(C)C(C)CC. The molecule has 0 saturated carbocycles. The first-order valence-electron chi connectivity index (χ1n) is 6.21. The predicted molar refractivity (Wildman–Crippen MR) is 66.5 cm³/mol. The molecule has 0 aliphatic rings. The zero-order chi connectivity index (χ0) is 11.6. The molecular formula is C14H30. The second kappa shape index (κ2) is 4.68. The first kappa shape index (κ1) is 14.0. The van der Waals surface area contributed by atoms with Crippen molar-refractivity contribution in [3.05, 3.63) is 0 Å². The van der Waals surface area contributed by atoms with Crippen LogP contribution in [0.3, 0.4) is 0 Å². The Hall–Kier alpha value is 0. The topological polar surface area (TPSA) is 0 Å². The van der Waals surface area contributed by atoms with Crippen LogP contribution in [0.2, 0.25) is 0 Å². The highest BCUT2D eigenvalue weighted by atomic mass is 14.5. The van der Waals surface area contributed by atoms with Gasteiger partial charge in [-0.2, -0.15) is 0 Å². The summed E-state index contributed by atoms with van der Waals surface area (Å²) in [6, 6.07) is 0. The van der Waals surface area contributed by atoms with Gasteiger partial charge in [0.25, 0.3) is 0 Å². The standard InChI is InChI=1S/C14H30/c1-9-11(3)13(5,6)14(7,8)12(4)10-2/h11-12H,9-10H2,1-8H3. The lowest BCUT2D eigenvalue weighted by Crippen LogP contribution is -2.42. The minimum atomic E-state index is 0.428. The molecule has 0 aromatic rings. The third-order valence-electron chi connectivity index (χ3n) is 5.35. The summed E-state index contributed by atoms with van der Waals surface area (Å²) >= 11 is 0. The molecule has 14 heavy (non-hydrogen) atoms. The van der Waals surface area contributed by atoms with Gasteiger partial charge in [-0.3, -0.25) is 0 Å². The molecule has 0 heteroatoms. The molecule has 0 radical (unpaired) electrons. The van der Waals surface area contributed by atoms with Gasteiger partial charge in [0.15, 0.2) is 0 Å². The van der Waals surface area contributed by atoms with Crippen LogP contribution < -0.4 is 0 Å². The van der Waals surface area contributed by atoms with E-state index < -0.39 is 0 Å². The zero-order valence-corrected chi connectivity index (χ0v) is 11.6. The van der Waals surface area contributed by atoms with Crippen LogP contribution >= 0.6 is 0 Å². The van der Waals surface area contributed by atoms with Crippen LogP contribution in [0.5, 0.6) is 0 Å². The Balaban J connectivity index is 4.85. The Morgan fingerprint density at radius 2 is 0.929 bits per heavy atom. The van der Waals surface area contributed by atoms with Crippen molar-refractivity contribution in [2.75, 3.05) is 0 Å². The van der Waals surface area contributed by atoms with E-state index in [0.717, 1.165) is 11.8 Å². The smallest absolute Gasteiger partial charge is 0.0275 e. The molecular weight excluding hydrogens is 168 g/mol. The van der Waals surface area contributed by atoms with Crippen LogP contribution in [0.1, 0.15) is 68.2 Å². The lowest BCUT2D eigenvalue weighted by Gasteiger charge is -2.49. The highest BCUT2D eigenvalue weighted by Gasteiger charge is 2.42. The van der Waals surface area contributed by atoms with Gasteiger partial charge in [-0.15, -0.1) is 0 Å². The van der Waals surface area contributed by atoms with Crippen LogP contribution in [0, 0.1) is 22.7 Å². The van der Waals surface area contributed by atoms with Crippen LogP contribution in [0.25, 0.3) is 0 Å². The molecule has 0 saturated heterocycles. The van der Waals surface area contributed by atoms with E-state index in [-0.39, 0.29) is 0 Å². The average molecular weight is 198 g/mol. The monoisotopic (exact) mass is 198 g/mol. The van der Waals surface area contributed by atoms with Gasteiger partial charge in [0.1, 0.15) is 0 Å². The Morgan fingerprint density at radius 3 is 1.07 bits per heavy atom. The van der Waals surface area contributed by atoms with E-state index in [1.165, 1.54) is 12.8 Å². The van der Waals surface area contributed by atoms with Crippen LogP contribution in [-0.4, -0.2) is 0 Å². The summed E-state index contributed by atoms with van der Waals surface area (Å²) in [6.07, 6.45) is 2.57. The zero-order valence-electron chi connectivity index (χ0n) is 11.6. The number of hydrogen-bond acceptors (Lipinski definition) is 0. The van der Waals surface area contributed by atoms with E-state index >= 15 is 0 Å². The largest absolute Gasteiger partial charge is 0.0651 e. The summed E-state index contributed by atoms with van der Waals surface area (Å²) in [5, 5.41) is 0. The van der Waals surface area contributed by atoms with Crippen molar-refractivity contribution in [3.8, 4) is 0 Å². The third kappa shape index (κ3) is 2.32. The van der Waals surface area contributed by atoms with Gasteiger partial charge in [0, 0.05) is 0 Å². The van der Waals surface area contributed by atoms with E-state index in [2.05, 4.69) is 55.4 Å². The fraction of sp³-hybridized carbons (Fsp3) is 1.00. The molecule has 0 aliphatic carbocycles. The summed E-state index contributed by atoms with van der Waals surface area (Å²) in [5.74, 6) is 1.60. The maximum atomic E-state index is 2.44. The van der Waals surface area contributed by atoms with Crippen molar-refractivity contribution in [3.63, 3.8) is 0 Å². The molecule has 0 aliphatic heterocycles. The van der Waals surface area contributed by atoms with Crippen molar-refractivity contribution in [1.82, 2.24) is 0 Å². The Bertz CT molecular complexity index is 145. The van der Waals surface area contributed by atoms with Crippen molar-refractivity contribution in [1.29, 1.82) is 0 Å². The average Bonchev–Trinajstić information content (AvgIpc) is 2.14. The van der Waals surface area contributed by atoms with Crippen LogP contribution in [-0.2, 0) is 0 Å². The summed E-state index contributed by atoms with van der Waals surface area (Å²) < 4.78 is 0. The second-order valence-electron chi connectivity index (χ2n) is 6.06. The molecule has 0 bridgehead atoms. The Labute approximate surface area is 91.5 Å². The van der Waals surface area contributed by atoms with Crippen molar-refractivity contribution in [2.45, 2.75) is 68.2 Å². The molecule has 2 atom stereocenters. The van der Waals surface area contributed by atoms with E-state index in [0.29, 0.717) is 10.8 Å². The maximum absolute atomic E-state index is 2.44. The van der Waals surface area contributed by atoms with Gasteiger partial charge >= 0.3 is 0 Å². The van der Waals surface area contributed by atoms with Gasteiger partial charge in [-0.25, -0.2) is 0 Å². The molecule has 0 heterocycles. The quantitative estimate of drug-likeness (QED) is 0.574. The van der Waals surface area contributed by atoms with E-state index in [1.807, 2.05) is 0 Å². The summed E-state index contributed by atoms with van der Waals surface area (Å²) in [6.45, 7) is 19.1. The molecule has 2 unspecified atom stereocenters. The van der Waals surface area contributed by atoms with Gasteiger partial charge in [-0.1, -0.05) is 68.2 Å². The van der Waals surface area contributed by atoms with E-state index in [1.54, 1.807) is 0 Å². The Kier molecular flexibility index (Phi) is 4.68. The lowest BCUT2D eigenvalue weighted by atomic mass is 9.56. The van der Waals surface area contributed by atoms with Crippen LogP contribution in [0.15, 0.2) is 0 Å². The maximum Gasteiger partial charge on any atom is -0.0275 e. The molecule has 0 amide bonds. The fourth-order valence-corrected chi connectivity index (χ4v) is 2.29. The summed E-state index contributed by atoms with van der Waals surface area (Å²) in [7, 11) is 0. The van der Waals surface area contributed by atoms with Gasteiger partial charge in [0.05, 0.1) is 0 Å². The fourth-order valence-electron chi connectivity index (χ4n) is 2.29. The van der Waals surface area contributed by atoms with Crippen LogP contribution in [0.4, 0.5) is 0 Å². The highest BCUT2D eigenvalue weighted by molar-refractivity contribution is 4.91. The minimum Gasteiger partial charge on any atom is -0.0651 e. The Morgan fingerprint density at radius 1 is 0.714 bits per heavy atom. The number of hydrogen-bond donors (Lipinski definition) is 0. The van der Waals surface area contributed by atoms with Gasteiger partial charge < -0.3 is 0 Å². The summed E-state index contributed by atoms with van der Waals surface area (Å²) in [5.41, 5.74) is 0.856. The summed E-state index contributed by atoms with van der Waals surface area (Å²) in [4.78, 5) is 0. The molecule has 0 N–H and O–H groups in total. The van der Waals surface area contributed by atoms with Crippen molar-refractivity contribution in [2.24, 2.45) is 22.7 Å². The lowest BCUT2D eigenvalue weighted by molar-refractivity contribution is -0.00268. The highest BCUT2D eigenvalue weighted by Crippen LogP contribution is 2.50. The van der Waals surface area contributed by atoms with E-state index in [9.17, 15) is 0 Å². The first-order valence-corrected chi connectivity index (χ1v) is 6.21.